The number of hydrogen-bond donors (Lipinski definition) is 0. The van der Waals surface area contributed by atoms with Gasteiger partial charge in [0.1, 0.15) is 0 Å². The largest absolute Gasteiger partial charge is 0.270 e. The lowest BCUT2D eigenvalue weighted by Crippen LogP contribution is -1.89. The molecule has 0 aromatic heterocycles. The molecule has 0 saturated heterocycles. The molecule has 0 spiro atoms. The molecular formula is C12H15NO2. The molecule has 1 rings (SSSR count). The van der Waals surface area contributed by atoms with E-state index in [1.165, 1.54) is 6.07 Å². The molecule has 0 unspecified atom stereocenters. The molecule has 0 radical (unpaired) electrons. The summed E-state index contributed by atoms with van der Waals surface area (Å²) >= 11 is 0. The van der Waals surface area contributed by atoms with Crippen LogP contribution in [0.15, 0.2) is 24.3 Å². The zero-order valence-electron chi connectivity index (χ0n) is 9.06. The zero-order chi connectivity index (χ0) is 11.3. The first-order valence-corrected chi connectivity index (χ1v) is 5.06. The number of allylic oxidation sites excluding steroid dienone is 1. The first kappa shape index (κ1) is 11.4. The van der Waals surface area contributed by atoms with Gasteiger partial charge in [0, 0.05) is 12.1 Å². The summed E-state index contributed by atoms with van der Waals surface area (Å²) in [6.45, 7) is 4.06. The van der Waals surface area contributed by atoms with Crippen LogP contribution in [0.2, 0.25) is 0 Å². The highest BCUT2D eigenvalue weighted by Crippen LogP contribution is 2.18. The highest BCUT2D eigenvalue weighted by atomic mass is 16.6. The Morgan fingerprint density at radius 3 is 2.80 bits per heavy atom. The van der Waals surface area contributed by atoms with Crippen molar-refractivity contribution in [2.75, 3.05) is 0 Å². The molecule has 1 aromatic rings. The summed E-state index contributed by atoms with van der Waals surface area (Å²) in [6, 6.07) is 4.93. The van der Waals surface area contributed by atoms with Crippen LogP contribution in [-0.4, -0.2) is 4.92 Å². The minimum absolute atomic E-state index is 0.150. The van der Waals surface area contributed by atoms with Gasteiger partial charge < -0.3 is 0 Å². The van der Waals surface area contributed by atoms with E-state index in [0.717, 1.165) is 24.0 Å². The molecule has 0 aliphatic heterocycles. The maximum Gasteiger partial charge on any atom is 0.270 e. The lowest BCUT2D eigenvalue weighted by Gasteiger charge is -1.99. The molecule has 3 heteroatoms. The number of benzene rings is 1. The molecule has 0 heterocycles. The molecular weight excluding hydrogens is 190 g/mol. The molecule has 0 aliphatic rings. The SMILES string of the molecule is CCC/C=C/c1cc([N+](=O)[O-])ccc1C. The summed E-state index contributed by atoms with van der Waals surface area (Å²) < 4.78 is 0. The van der Waals surface area contributed by atoms with E-state index in [2.05, 4.69) is 6.92 Å². The molecule has 0 amide bonds. The van der Waals surface area contributed by atoms with Crippen molar-refractivity contribution in [3.05, 3.63) is 45.5 Å². The third-order valence-corrected chi connectivity index (χ3v) is 2.23. The molecule has 1 aromatic carbocycles. The number of aryl methyl sites for hydroxylation is 1. The second-order valence-corrected chi connectivity index (χ2v) is 3.49. The number of non-ortho nitro benzene ring substituents is 1. The Bertz CT molecular complexity index is 383. The van der Waals surface area contributed by atoms with Gasteiger partial charge in [0.2, 0.25) is 0 Å². The van der Waals surface area contributed by atoms with Crippen LogP contribution in [0, 0.1) is 17.0 Å². The van der Waals surface area contributed by atoms with Crippen molar-refractivity contribution >= 4 is 11.8 Å². The van der Waals surface area contributed by atoms with Crippen LogP contribution >= 0.6 is 0 Å². The number of nitro benzene ring substituents is 1. The van der Waals surface area contributed by atoms with Crippen LogP contribution < -0.4 is 0 Å². The second kappa shape index (κ2) is 5.29. The fourth-order valence-electron chi connectivity index (χ4n) is 1.30. The van der Waals surface area contributed by atoms with Crippen molar-refractivity contribution in [2.24, 2.45) is 0 Å². The molecule has 0 bridgehead atoms. The van der Waals surface area contributed by atoms with E-state index in [1.54, 1.807) is 12.1 Å². The average molecular weight is 205 g/mol. The van der Waals surface area contributed by atoms with Gasteiger partial charge in [0.15, 0.2) is 0 Å². The number of hydrogen-bond acceptors (Lipinski definition) is 2. The van der Waals surface area contributed by atoms with Crippen LogP contribution in [0.25, 0.3) is 6.08 Å². The van der Waals surface area contributed by atoms with Gasteiger partial charge >= 0.3 is 0 Å². The Kier molecular flexibility index (Phi) is 4.03. The van der Waals surface area contributed by atoms with Crippen molar-refractivity contribution < 1.29 is 4.92 Å². The van der Waals surface area contributed by atoms with E-state index in [0.29, 0.717) is 0 Å². The van der Waals surface area contributed by atoms with Crippen LogP contribution in [0.4, 0.5) is 5.69 Å². The van der Waals surface area contributed by atoms with E-state index >= 15 is 0 Å². The molecule has 15 heavy (non-hydrogen) atoms. The van der Waals surface area contributed by atoms with Crippen LogP contribution in [-0.2, 0) is 0 Å². The molecule has 0 saturated carbocycles. The van der Waals surface area contributed by atoms with Crippen molar-refractivity contribution in [1.29, 1.82) is 0 Å². The predicted molar refractivity (Wildman–Crippen MR) is 61.8 cm³/mol. The second-order valence-electron chi connectivity index (χ2n) is 3.49. The van der Waals surface area contributed by atoms with Gasteiger partial charge in [-0.2, -0.15) is 0 Å². The summed E-state index contributed by atoms with van der Waals surface area (Å²) in [5.74, 6) is 0. The standard InChI is InChI=1S/C12H15NO2/c1-3-4-5-6-11-9-12(13(14)15)8-7-10(11)2/h5-9H,3-4H2,1-2H3/b6-5+. The van der Waals surface area contributed by atoms with Crippen molar-refractivity contribution in [1.82, 2.24) is 0 Å². The fourth-order valence-corrected chi connectivity index (χ4v) is 1.30. The van der Waals surface area contributed by atoms with Gasteiger partial charge in [-0.15, -0.1) is 0 Å². The quantitative estimate of drug-likeness (QED) is 0.555. The third-order valence-electron chi connectivity index (χ3n) is 2.23. The number of nitro groups is 1. The maximum atomic E-state index is 10.6. The Balaban J connectivity index is 2.95. The first-order chi connectivity index (χ1) is 7.15. The third kappa shape index (κ3) is 3.20. The molecule has 0 aliphatic carbocycles. The highest BCUT2D eigenvalue weighted by Gasteiger charge is 2.06. The van der Waals surface area contributed by atoms with Gasteiger partial charge in [0.25, 0.3) is 5.69 Å². The van der Waals surface area contributed by atoms with Crippen LogP contribution in [0.1, 0.15) is 30.9 Å². The zero-order valence-corrected chi connectivity index (χ0v) is 9.06. The van der Waals surface area contributed by atoms with Gasteiger partial charge in [-0.3, -0.25) is 10.1 Å². The Hall–Kier alpha value is -1.64. The highest BCUT2D eigenvalue weighted by molar-refractivity contribution is 5.57. The summed E-state index contributed by atoms with van der Waals surface area (Å²) in [6.07, 6.45) is 6.09. The lowest BCUT2D eigenvalue weighted by atomic mass is 10.1. The van der Waals surface area contributed by atoms with E-state index in [9.17, 15) is 10.1 Å². The summed E-state index contributed by atoms with van der Waals surface area (Å²) in [5, 5.41) is 10.6. The van der Waals surface area contributed by atoms with E-state index in [-0.39, 0.29) is 10.6 Å². The molecule has 0 atom stereocenters. The number of unbranched alkanes of at least 4 members (excludes halogenated alkanes) is 1. The molecule has 0 fully saturated rings. The Morgan fingerprint density at radius 2 is 2.20 bits per heavy atom. The van der Waals surface area contributed by atoms with Crippen LogP contribution in [0.5, 0.6) is 0 Å². The van der Waals surface area contributed by atoms with Gasteiger partial charge in [0.05, 0.1) is 4.92 Å². The maximum absolute atomic E-state index is 10.6. The first-order valence-electron chi connectivity index (χ1n) is 5.06. The van der Waals surface area contributed by atoms with Crippen molar-refractivity contribution in [3.8, 4) is 0 Å². The van der Waals surface area contributed by atoms with Crippen LogP contribution in [0.3, 0.4) is 0 Å². The molecule has 0 N–H and O–H groups in total. The number of rotatable bonds is 4. The topological polar surface area (TPSA) is 43.1 Å². The van der Waals surface area contributed by atoms with E-state index in [1.807, 2.05) is 19.1 Å². The Labute approximate surface area is 89.6 Å². The minimum Gasteiger partial charge on any atom is -0.258 e. The number of nitrogens with zero attached hydrogens (tertiary/aromatic N) is 1. The summed E-state index contributed by atoms with van der Waals surface area (Å²) in [4.78, 5) is 10.2. The lowest BCUT2D eigenvalue weighted by molar-refractivity contribution is -0.384. The van der Waals surface area contributed by atoms with E-state index < -0.39 is 0 Å². The Morgan fingerprint density at radius 1 is 1.47 bits per heavy atom. The summed E-state index contributed by atoms with van der Waals surface area (Å²) in [5.41, 5.74) is 2.14. The van der Waals surface area contributed by atoms with E-state index in [4.69, 9.17) is 0 Å². The predicted octanol–water partition coefficient (Wildman–Crippen LogP) is 3.72. The monoisotopic (exact) mass is 205 g/mol. The minimum atomic E-state index is -0.364. The van der Waals surface area contributed by atoms with Crippen molar-refractivity contribution in [3.63, 3.8) is 0 Å². The molecule has 3 nitrogen and oxygen atoms in total. The molecule has 80 valence electrons. The van der Waals surface area contributed by atoms with Gasteiger partial charge in [-0.05, 0) is 24.5 Å². The van der Waals surface area contributed by atoms with Gasteiger partial charge in [-0.1, -0.05) is 31.6 Å². The average Bonchev–Trinajstić information content (AvgIpc) is 2.20. The fraction of sp³-hybridized carbons (Fsp3) is 0.333. The van der Waals surface area contributed by atoms with Crippen molar-refractivity contribution in [2.45, 2.75) is 26.7 Å². The normalized spacial score (nSPS) is 10.8. The smallest absolute Gasteiger partial charge is 0.258 e. The summed E-state index contributed by atoms with van der Waals surface area (Å²) in [7, 11) is 0. The van der Waals surface area contributed by atoms with Gasteiger partial charge in [-0.25, -0.2) is 0 Å².